The number of benzene rings is 1. The molecular weight excluding hydrogens is 399 g/mol. The highest BCUT2D eigenvalue weighted by Crippen LogP contribution is 2.24. The molecular formula is C18H29IN4. The van der Waals surface area contributed by atoms with E-state index in [1.54, 1.807) is 0 Å². The van der Waals surface area contributed by atoms with Gasteiger partial charge in [-0.2, -0.15) is 0 Å². The van der Waals surface area contributed by atoms with E-state index >= 15 is 0 Å². The number of nitrogens with one attached hydrogen (secondary N) is 1. The average molecular weight is 428 g/mol. The summed E-state index contributed by atoms with van der Waals surface area (Å²) in [5.74, 6) is 1.41. The summed E-state index contributed by atoms with van der Waals surface area (Å²) in [6, 6.07) is 6.54. The highest BCUT2D eigenvalue weighted by atomic mass is 127. The number of halogens is 1. The molecule has 1 saturated heterocycles. The second kappa shape index (κ2) is 8.87. The number of fused-ring (bicyclic) bond motifs is 1. The van der Waals surface area contributed by atoms with E-state index in [-0.39, 0.29) is 24.0 Å². The lowest BCUT2D eigenvalue weighted by atomic mass is 9.99. The van der Waals surface area contributed by atoms with E-state index in [1.807, 2.05) is 0 Å². The Hall–Kier alpha value is -0.820. The van der Waals surface area contributed by atoms with Crippen molar-refractivity contribution in [2.45, 2.75) is 39.0 Å². The van der Waals surface area contributed by atoms with E-state index in [9.17, 15) is 0 Å². The van der Waals surface area contributed by atoms with Crippen molar-refractivity contribution in [2.75, 3.05) is 31.5 Å². The molecule has 23 heavy (non-hydrogen) atoms. The number of nitrogens with two attached hydrogens (primary N) is 1. The molecule has 128 valence electrons. The van der Waals surface area contributed by atoms with Gasteiger partial charge >= 0.3 is 0 Å². The maximum absolute atomic E-state index is 6.01. The second-order valence-corrected chi connectivity index (χ2v) is 6.75. The van der Waals surface area contributed by atoms with Gasteiger partial charge < -0.3 is 16.0 Å². The van der Waals surface area contributed by atoms with Gasteiger partial charge in [0.15, 0.2) is 5.96 Å². The lowest BCUT2D eigenvalue weighted by Gasteiger charge is -2.29. The SMILES string of the molecule is CC1CCN(CCN=C(N)Nc2ccc3c(c2)CCC3)CC1.I. The van der Waals surface area contributed by atoms with Crippen LogP contribution in [0.3, 0.4) is 0 Å². The monoisotopic (exact) mass is 428 g/mol. The van der Waals surface area contributed by atoms with Gasteiger partial charge in [-0.05, 0) is 74.4 Å². The van der Waals surface area contributed by atoms with Crippen molar-refractivity contribution in [3.63, 3.8) is 0 Å². The first-order valence-electron chi connectivity index (χ1n) is 8.62. The van der Waals surface area contributed by atoms with Crippen LogP contribution in [0.25, 0.3) is 0 Å². The van der Waals surface area contributed by atoms with Crippen molar-refractivity contribution in [2.24, 2.45) is 16.6 Å². The molecule has 0 bridgehead atoms. The molecule has 1 aliphatic carbocycles. The molecule has 0 radical (unpaired) electrons. The molecule has 1 aromatic carbocycles. The minimum absolute atomic E-state index is 0. The number of aryl methyl sites for hydroxylation is 2. The molecule has 0 amide bonds. The quantitative estimate of drug-likeness (QED) is 0.440. The fourth-order valence-electron chi connectivity index (χ4n) is 3.43. The second-order valence-electron chi connectivity index (χ2n) is 6.75. The van der Waals surface area contributed by atoms with Crippen molar-refractivity contribution >= 4 is 35.6 Å². The molecule has 1 fully saturated rings. The summed E-state index contributed by atoms with van der Waals surface area (Å²) in [5.41, 5.74) is 10.0. The third-order valence-corrected chi connectivity index (χ3v) is 4.95. The van der Waals surface area contributed by atoms with E-state index in [1.165, 1.54) is 56.3 Å². The molecule has 0 aromatic heterocycles. The minimum atomic E-state index is 0. The van der Waals surface area contributed by atoms with Gasteiger partial charge in [-0.15, -0.1) is 24.0 Å². The number of hydrogen-bond donors (Lipinski definition) is 2. The lowest BCUT2D eigenvalue weighted by Crippen LogP contribution is -2.35. The fourth-order valence-corrected chi connectivity index (χ4v) is 3.43. The third-order valence-electron chi connectivity index (χ3n) is 4.95. The smallest absolute Gasteiger partial charge is 0.193 e. The van der Waals surface area contributed by atoms with E-state index in [2.05, 4.69) is 40.3 Å². The zero-order valence-electron chi connectivity index (χ0n) is 14.1. The first-order valence-corrected chi connectivity index (χ1v) is 8.62. The Balaban J connectivity index is 0.00000192. The van der Waals surface area contributed by atoms with Gasteiger partial charge in [0.2, 0.25) is 0 Å². The third kappa shape index (κ3) is 5.35. The fraction of sp³-hybridized carbons (Fsp3) is 0.611. The molecule has 0 spiro atoms. The molecule has 1 aliphatic heterocycles. The van der Waals surface area contributed by atoms with Crippen LogP contribution in [0.2, 0.25) is 0 Å². The number of likely N-dealkylation sites (tertiary alicyclic amines) is 1. The summed E-state index contributed by atoms with van der Waals surface area (Å²) >= 11 is 0. The van der Waals surface area contributed by atoms with Gasteiger partial charge in [0.1, 0.15) is 0 Å². The molecule has 1 heterocycles. The number of aliphatic imine (C=N–C) groups is 1. The summed E-state index contributed by atoms with van der Waals surface area (Å²) in [7, 11) is 0. The molecule has 5 heteroatoms. The van der Waals surface area contributed by atoms with Crippen LogP contribution < -0.4 is 11.1 Å². The van der Waals surface area contributed by atoms with Crippen LogP contribution in [0.1, 0.15) is 37.3 Å². The minimum Gasteiger partial charge on any atom is -0.370 e. The summed E-state index contributed by atoms with van der Waals surface area (Å²) in [6.45, 7) is 6.54. The molecule has 3 rings (SSSR count). The van der Waals surface area contributed by atoms with Crippen LogP contribution in [0.15, 0.2) is 23.2 Å². The number of guanidine groups is 1. The summed E-state index contributed by atoms with van der Waals surface area (Å²) in [6.07, 6.45) is 6.30. The summed E-state index contributed by atoms with van der Waals surface area (Å²) in [5, 5.41) is 3.23. The topological polar surface area (TPSA) is 53.6 Å². The van der Waals surface area contributed by atoms with Crippen LogP contribution in [0, 0.1) is 5.92 Å². The number of anilines is 1. The zero-order valence-corrected chi connectivity index (χ0v) is 16.4. The molecule has 4 nitrogen and oxygen atoms in total. The highest BCUT2D eigenvalue weighted by Gasteiger charge is 2.14. The Morgan fingerprint density at radius 2 is 2.00 bits per heavy atom. The average Bonchev–Trinajstić information content (AvgIpc) is 2.97. The maximum atomic E-state index is 6.01. The normalized spacial score (nSPS) is 19.3. The van der Waals surface area contributed by atoms with Crippen molar-refractivity contribution in [3.8, 4) is 0 Å². The van der Waals surface area contributed by atoms with E-state index in [0.29, 0.717) is 5.96 Å². The van der Waals surface area contributed by atoms with Crippen molar-refractivity contribution < 1.29 is 0 Å². The van der Waals surface area contributed by atoms with Crippen LogP contribution in [-0.4, -0.2) is 37.0 Å². The number of piperidine rings is 1. The zero-order chi connectivity index (χ0) is 15.4. The van der Waals surface area contributed by atoms with Gasteiger partial charge in [-0.1, -0.05) is 13.0 Å². The number of rotatable bonds is 4. The Labute approximate surface area is 156 Å². The maximum Gasteiger partial charge on any atom is 0.193 e. The van der Waals surface area contributed by atoms with E-state index in [0.717, 1.165) is 24.7 Å². The first-order chi connectivity index (χ1) is 10.7. The van der Waals surface area contributed by atoms with Gasteiger partial charge in [-0.25, -0.2) is 0 Å². The number of nitrogens with zero attached hydrogens (tertiary/aromatic N) is 2. The van der Waals surface area contributed by atoms with Gasteiger partial charge in [0.05, 0.1) is 6.54 Å². The summed E-state index contributed by atoms with van der Waals surface area (Å²) in [4.78, 5) is 6.96. The van der Waals surface area contributed by atoms with Crippen LogP contribution in [0.4, 0.5) is 5.69 Å². The number of hydrogen-bond acceptors (Lipinski definition) is 2. The van der Waals surface area contributed by atoms with Gasteiger partial charge in [0.25, 0.3) is 0 Å². The largest absolute Gasteiger partial charge is 0.370 e. The molecule has 0 atom stereocenters. The summed E-state index contributed by atoms with van der Waals surface area (Å²) < 4.78 is 0. The van der Waals surface area contributed by atoms with Gasteiger partial charge in [-0.3, -0.25) is 4.99 Å². The van der Waals surface area contributed by atoms with Crippen LogP contribution in [0.5, 0.6) is 0 Å². The molecule has 0 unspecified atom stereocenters. The Bertz CT molecular complexity index is 536. The molecule has 2 aliphatic rings. The standard InChI is InChI=1S/C18H28N4.HI/c1-14-7-10-22(11-8-14)12-9-20-18(19)21-17-6-5-15-3-2-4-16(15)13-17;/h5-6,13-14H,2-4,7-12H2,1H3,(H3,19,20,21);1H. The first kappa shape index (κ1) is 18.5. The lowest BCUT2D eigenvalue weighted by molar-refractivity contribution is 0.197. The Morgan fingerprint density at radius 1 is 1.26 bits per heavy atom. The van der Waals surface area contributed by atoms with Crippen molar-refractivity contribution in [3.05, 3.63) is 29.3 Å². The molecule has 3 N–H and O–H groups in total. The predicted molar refractivity (Wildman–Crippen MR) is 109 cm³/mol. The molecule has 0 saturated carbocycles. The highest BCUT2D eigenvalue weighted by molar-refractivity contribution is 14.0. The predicted octanol–water partition coefficient (Wildman–Crippen LogP) is 3.25. The van der Waals surface area contributed by atoms with E-state index < -0.39 is 0 Å². The van der Waals surface area contributed by atoms with Crippen molar-refractivity contribution in [1.29, 1.82) is 0 Å². The van der Waals surface area contributed by atoms with Crippen molar-refractivity contribution in [1.82, 2.24) is 4.90 Å². The Morgan fingerprint density at radius 3 is 2.78 bits per heavy atom. The van der Waals surface area contributed by atoms with Gasteiger partial charge in [0, 0.05) is 12.2 Å². The Kier molecular flexibility index (Phi) is 7.14. The van der Waals surface area contributed by atoms with Crippen LogP contribution in [-0.2, 0) is 12.8 Å². The van der Waals surface area contributed by atoms with Crippen LogP contribution >= 0.6 is 24.0 Å². The van der Waals surface area contributed by atoms with E-state index in [4.69, 9.17) is 5.73 Å². The molecule has 1 aromatic rings.